The van der Waals surface area contributed by atoms with E-state index in [0.29, 0.717) is 0 Å². The molecular formula is C14H16ClN5O4S2. The third kappa shape index (κ3) is 2.44. The van der Waals surface area contributed by atoms with Crippen LogP contribution in [0.5, 0.6) is 0 Å². The number of carbonyl (C=O) groups excluding carboxylic acids is 2. The van der Waals surface area contributed by atoms with Gasteiger partial charge in [0.2, 0.25) is 0 Å². The molecule has 0 saturated carbocycles. The number of rotatable bonds is 3. The predicted molar refractivity (Wildman–Crippen MR) is 96.8 cm³/mol. The summed E-state index contributed by atoms with van der Waals surface area (Å²) >= 11 is 11.0. The zero-order valence-corrected chi connectivity index (χ0v) is 16.8. The molecule has 3 rings (SSSR count). The average molecular weight is 418 g/mol. The molecule has 0 spiro atoms. The van der Waals surface area contributed by atoms with E-state index in [1.807, 2.05) is 0 Å². The number of sulfone groups is 1. The smallest absolute Gasteiger partial charge is 0.257 e. The van der Waals surface area contributed by atoms with Gasteiger partial charge in [-0.2, -0.15) is 0 Å². The van der Waals surface area contributed by atoms with Gasteiger partial charge in [-0.3, -0.25) is 14.5 Å². The molecule has 0 aliphatic carbocycles. The Morgan fingerprint density at radius 1 is 1.42 bits per heavy atom. The Labute approximate surface area is 160 Å². The highest BCUT2D eigenvalue weighted by molar-refractivity contribution is 7.93. The van der Waals surface area contributed by atoms with Gasteiger partial charge < -0.3 is 0 Å². The van der Waals surface area contributed by atoms with Crippen molar-refractivity contribution in [3.8, 4) is 0 Å². The normalized spacial score (nSPS) is 27.8. The summed E-state index contributed by atoms with van der Waals surface area (Å²) in [5.41, 5.74) is -0.848. The number of halogens is 1. The van der Waals surface area contributed by atoms with Crippen LogP contribution in [-0.4, -0.2) is 66.6 Å². The standard InChI is InChI=1S/C14H16ClN5O4S2/c1-13(2,3)9(21)8-7(10-16-17-18-19(10)4)5-26(23,24)12-14(15,6-25)11(22)20(8)12/h6,12H,5H2,1-4H3/t12-,14-/m0/s1. The molecule has 0 aromatic carbocycles. The van der Waals surface area contributed by atoms with Crippen LogP contribution >= 0.6 is 23.8 Å². The highest BCUT2D eigenvalue weighted by Gasteiger charge is 2.68. The number of nitrogens with zero attached hydrogens (tertiary/aromatic N) is 5. The number of carbonyl (C=O) groups is 2. The van der Waals surface area contributed by atoms with Crippen molar-refractivity contribution < 1.29 is 18.0 Å². The van der Waals surface area contributed by atoms with Crippen LogP contribution in [0.2, 0.25) is 0 Å². The van der Waals surface area contributed by atoms with E-state index in [2.05, 4.69) is 15.5 Å². The van der Waals surface area contributed by atoms with Crippen molar-refractivity contribution in [3.05, 3.63) is 11.5 Å². The Balaban J connectivity index is 2.32. The Morgan fingerprint density at radius 3 is 2.50 bits per heavy atom. The van der Waals surface area contributed by atoms with Crippen LogP contribution in [0, 0.1) is 5.41 Å². The first-order chi connectivity index (χ1) is 11.9. The minimum Gasteiger partial charge on any atom is -0.292 e. The SMILES string of the molecule is Cn1nnnc1C1=C(C(=O)C(C)(C)C)N2C(=O)[C@@](Cl)(C=S)[C@@H]2S(=O)(=O)C1. The minimum absolute atomic E-state index is 0.0478. The molecule has 0 bridgehead atoms. The second kappa shape index (κ2) is 5.64. The van der Waals surface area contributed by atoms with Gasteiger partial charge in [-0.15, -0.1) is 5.10 Å². The van der Waals surface area contributed by atoms with Gasteiger partial charge in [0.15, 0.2) is 31.7 Å². The number of hydrogen-bond acceptors (Lipinski definition) is 8. The number of ketones is 1. The van der Waals surface area contributed by atoms with Gasteiger partial charge in [-0.25, -0.2) is 13.1 Å². The van der Waals surface area contributed by atoms with E-state index in [1.165, 1.54) is 11.7 Å². The van der Waals surface area contributed by atoms with Gasteiger partial charge >= 0.3 is 0 Å². The first-order valence-electron chi connectivity index (χ1n) is 7.57. The van der Waals surface area contributed by atoms with Gasteiger partial charge in [-0.1, -0.05) is 44.6 Å². The largest absolute Gasteiger partial charge is 0.292 e. The van der Waals surface area contributed by atoms with Crippen LogP contribution in [0.3, 0.4) is 0 Å². The third-order valence-electron chi connectivity index (χ3n) is 4.31. The minimum atomic E-state index is -3.92. The van der Waals surface area contributed by atoms with E-state index < -0.39 is 42.9 Å². The molecule has 3 heterocycles. The molecule has 0 N–H and O–H groups in total. The van der Waals surface area contributed by atoms with E-state index >= 15 is 0 Å². The Morgan fingerprint density at radius 2 is 2.04 bits per heavy atom. The van der Waals surface area contributed by atoms with Crippen molar-refractivity contribution in [1.29, 1.82) is 0 Å². The van der Waals surface area contributed by atoms with Gasteiger partial charge in [0.05, 0.1) is 11.4 Å². The molecule has 26 heavy (non-hydrogen) atoms. The fourth-order valence-corrected chi connectivity index (χ4v) is 5.97. The number of thiocarbonyl (C=S) groups is 1. The van der Waals surface area contributed by atoms with Crippen molar-refractivity contribution in [2.45, 2.75) is 31.0 Å². The first kappa shape index (κ1) is 19.1. The predicted octanol–water partition coefficient (Wildman–Crippen LogP) is 0.110. The summed E-state index contributed by atoms with van der Waals surface area (Å²) in [6, 6.07) is 0. The Kier molecular flexibility index (Phi) is 4.13. The molecule has 12 heteroatoms. The third-order valence-corrected chi connectivity index (χ3v) is 7.37. The monoisotopic (exact) mass is 417 g/mol. The van der Waals surface area contributed by atoms with Crippen molar-refractivity contribution >= 4 is 56.3 Å². The van der Waals surface area contributed by atoms with E-state index in [1.54, 1.807) is 20.8 Å². The summed E-state index contributed by atoms with van der Waals surface area (Å²) in [6.07, 6.45) is 0. The lowest BCUT2D eigenvalue weighted by atomic mass is 9.84. The summed E-state index contributed by atoms with van der Waals surface area (Å²) in [5.74, 6) is -1.58. The van der Waals surface area contributed by atoms with E-state index in [-0.39, 0.29) is 17.1 Å². The van der Waals surface area contributed by atoms with Gasteiger partial charge in [0, 0.05) is 23.4 Å². The molecule has 1 amide bonds. The fraction of sp³-hybridized carbons (Fsp3) is 0.571. The lowest BCUT2D eigenvalue weighted by Crippen LogP contribution is -2.76. The number of β-lactam (4-membered cyclic amide) rings is 1. The maximum atomic E-state index is 13.1. The fourth-order valence-electron chi connectivity index (χ4n) is 3.02. The van der Waals surface area contributed by atoms with E-state index in [9.17, 15) is 18.0 Å². The molecule has 140 valence electrons. The molecule has 0 radical (unpaired) electrons. The molecule has 1 aromatic rings. The molecular weight excluding hydrogens is 402 g/mol. The van der Waals surface area contributed by atoms with Crippen LogP contribution in [-0.2, 0) is 26.5 Å². The number of hydrogen-bond donors (Lipinski definition) is 0. The second-order valence-electron chi connectivity index (χ2n) is 7.25. The summed E-state index contributed by atoms with van der Waals surface area (Å²) in [7, 11) is -2.41. The van der Waals surface area contributed by atoms with Gasteiger partial charge in [0.25, 0.3) is 5.91 Å². The van der Waals surface area contributed by atoms with Crippen LogP contribution in [0.25, 0.3) is 5.57 Å². The van der Waals surface area contributed by atoms with Crippen molar-refractivity contribution in [1.82, 2.24) is 25.1 Å². The Bertz CT molecular complexity index is 978. The molecule has 2 aliphatic rings. The summed E-state index contributed by atoms with van der Waals surface area (Å²) in [5, 5.41) is 10.5. The van der Waals surface area contributed by atoms with Crippen molar-refractivity contribution in [2.24, 2.45) is 12.5 Å². The van der Waals surface area contributed by atoms with Crippen molar-refractivity contribution in [2.75, 3.05) is 5.75 Å². The number of amides is 1. The molecule has 1 aromatic heterocycles. The van der Waals surface area contributed by atoms with E-state index in [0.717, 1.165) is 10.3 Å². The lowest BCUT2D eigenvalue weighted by molar-refractivity contribution is -0.144. The topological polar surface area (TPSA) is 115 Å². The molecule has 9 nitrogen and oxygen atoms in total. The molecule has 2 atom stereocenters. The van der Waals surface area contributed by atoms with Crippen LogP contribution in [0.1, 0.15) is 26.6 Å². The van der Waals surface area contributed by atoms with E-state index in [4.69, 9.17) is 23.8 Å². The number of fused-ring (bicyclic) bond motifs is 1. The maximum absolute atomic E-state index is 13.1. The van der Waals surface area contributed by atoms with Gasteiger partial charge in [-0.05, 0) is 10.4 Å². The highest BCUT2D eigenvalue weighted by Crippen LogP contribution is 2.48. The van der Waals surface area contributed by atoms with Crippen LogP contribution < -0.4 is 0 Å². The van der Waals surface area contributed by atoms with Crippen LogP contribution in [0.4, 0.5) is 0 Å². The number of alkyl halides is 1. The highest BCUT2D eigenvalue weighted by atomic mass is 35.5. The number of aryl methyl sites for hydroxylation is 1. The number of Topliss-reactive ketones (excluding diaryl/α,β-unsaturated/α-hetero) is 1. The van der Waals surface area contributed by atoms with Crippen LogP contribution in [0.15, 0.2) is 5.70 Å². The number of tetrazole rings is 1. The number of allylic oxidation sites excluding steroid dienone is 1. The zero-order chi connectivity index (χ0) is 19.7. The first-order valence-corrected chi connectivity index (χ1v) is 10.1. The molecule has 0 unspecified atom stereocenters. The lowest BCUT2D eigenvalue weighted by Gasteiger charge is -2.53. The zero-order valence-electron chi connectivity index (χ0n) is 14.4. The summed E-state index contributed by atoms with van der Waals surface area (Å²) in [6.45, 7) is 5.01. The summed E-state index contributed by atoms with van der Waals surface area (Å²) in [4.78, 5) is 24.8. The second-order valence-corrected chi connectivity index (χ2v) is 10.2. The summed E-state index contributed by atoms with van der Waals surface area (Å²) < 4.78 is 26.9. The Hall–Kier alpha value is -1.72. The molecule has 2 aliphatic heterocycles. The maximum Gasteiger partial charge on any atom is 0.257 e. The average Bonchev–Trinajstić information content (AvgIpc) is 2.96. The van der Waals surface area contributed by atoms with Crippen molar-refractivity contribution in [3.63, 3.8) is 0 Å². The molecule has 1 saturated heterocycles. The quantitative estimate of drug-likeness (QED) is 0.386. The number of aromatic nitrogens is 4. The molecule has 1 fully saturated rings. The van der Waals surface area contributed by atoms with Gasteiger partial charge in [0.1, 0.15) is 0 Å².